The molecular formula is C26H32FN7. The minimum atomic E-state index is -0.329. The van der Waals surface area contributed by atoms with E-state index in [2.05, 4.69) is 53.3 Å². The van der Waals surface area contributed by atoms with Crippen LogP contribution < -0.4 is 10.2 Å². The highest BCUT2D eigenvalue weighted by atomic mass is 19.1. The fourth-order valence-corrected chi connectivity index (χ4v) is 4.40. The van der Waals surface area contributed by atoms with Crippen molar-refractivity contribution in [3.05, 3.63) is 55.0 Å². The Kier molecular flexibility index (Phi) is 7.05. The molecule has 4 aromatic rings. The zero-order chi connectivity index (χ0) is 24.2. The molecule has 0 bridgehead atoms. The quantitative estimate of drug-likeness (QED) is 0.367. The second kappa shape index (κ2) is 10.2. The highest BCUT2D eigenvalue weighted by molar-refractivity contribution is 5.78. The van der Waals surface area contributed by atoms with Gasteiger partial charge in [0.05, 0.1) is 16.7 Å². The van der Waals surface area contributed by atoms with E-state index in [0.29, 0.717) is 28.5 Å². The van der Waals surface area contributed by atoms with Crippen LogP contribution in [0.25, 0.3) is 28.1 Å². The third-order valence-corrected chi connectivity index (χ3v) is 6.00. The zero-order valence-corrected chi connectivity index (χ0v) is 20.2. The number of aryl methyl sites for hydroxylation is 1. The van der Waals surface area contributed by atoms with Gasteiger partial charge in [-0.25, -0.2) is 19.3 Å². The van der Waals surface area contributed by atoms with Crippen molar-refractivity contribution in [2.75, 3.05) is 23.3 Å². The number of fused-ring (bicyclic) bond motifs is 2. The first kappa shape index (κ1) is 23.6. The number of nitrogens with one attached hydrogen (secondary N) is 1. The largest absolute Gasteiger partial charge is 0.367 e. The molecule has 5 rings (SSSR count). The van der Waals surface area contributed by atoms with E-state index < -0.39 is 0 Å². The summed E-state index contributed by atoms with van der Waals surface area (Å²) in [4.78, 5) is 16.5. The lowest BCUT2D eigenvalue weighted by Crippen LogP contribution is -2.22. The minimum absolute atomic E-state index is 0.315. The fraction of sp³-hybridized carbons (Fsp3) is 0.385. The summed E-state index contributed by atoms with van der Waals surface area (Å²) in [5, 5.41) is 8.45. The number of anilines is 2. The van der Waals surface area contributed by atoms with Gasteiger partial charge in [0.2, 0.25) is 0 Å². The average Bonchev–Trinajstić information content (AvgIpc) is 3.51. The van der Waals surface area contributed by atoms with Gasteiger partial charge in [0.25, 0.3) is 0 Å². The predicted molar refractivity (Wildman–Crippen MR) is 137 cm³/mol. The molecular weight excluding hydrogens is 429 g/mol. The Bertz CT molecular complexity index is 1290. The Morgan fingerprint density at radius 1 is 1.06 bits per heavy atom. The first-order chi connectivity index (χ1) is 16.5. The molecule has 0 radical (unpaired) electrons. The van der Waals surface area contributed by atoms with Crippen LogP contribution >= 0.6 is 0 Å². The Hall–Kier alpha value is -3.55. The average molecular weight is 462 g/mol. The van der Waals surface area contributed by atoms with E-state index in [-0.39, 0.29) is 5.82 Å². The standard InChI is InChI=1S/C24H28FN7.C2H4/c1-4-7-15(2)26-23-14-21(31-10-5-6-11-31)29-22-13-20(30-32(22)23)24-16(3)27-18-9-8-17(25)12-19(18)28-24;1-2/h8-9,12-15,26H,4-7,10-11H2,1-3H3;1-2H2. The van der Waals surface area contributed by atoms with E-state index in [9.17, 15) is 4.39 Å². The van der Waals surface area contributed by atoms with Crippen LogP contribution in [0.2, 0.25) is 0 Å². The molecule has 1 N–H and O–H groups in total. The number of nitrogens with zero attached hydrogens (tertiary/aromatic N) is 6. The molecule has 8 heteroatoms. The van der Waals surface area contributed by atoms with Crippen LogP contribution in [0.5, 0.6) is 0 Å². The van der Waals surface area contributed by atoms with Gasteiger partial charge in [-0.05, 0) is 45.2 Å². The van der Waals surface area contributed by atoms with Crippen LogP contribution in [-0.2, 0) is 0 Å². The Balaban J connectivity index is 0.00000133. The minimum Gasteiger partial charge on any atom is -0.367 e. The third-order valence-electron chi connectivity index (χ3n) is 6.00. The molecule has 1 unspecified atom stereocenters. The molecule has 1 aliphatic heterocycles. The molecule has 1 atom stereocenters. The lowest BCUT2D eigenvalue weighted by atomic mass is 10.2. The van der Waals surface area contributed by atoms with Crippen molar-refractivity contribution in [2.24, 2.45) is 0 Å². The molecule has 1 aromatic carbocycles. The molecule has 1 fully saturated rings. The molecule has 1 aliphatic rings. The molecule has 178 valence electrons. The van der Waals surface area contributed by atoms with Crippen LogP contribution in [0.4, 0.5) is 16.0 Å². The lowest BCUT2D eigenvalue weighted by molar-refractivity contribution is 0.629. The van der Waals surface area contributed by atoms with Crippen molar-refractivity contribution >= 4 is 28.3 Å². The number of aromatic nitrogens is 5. The number of rotatable bonds is 6. The van der Waals surface area contributed by atoms with Gasteiger partial charge in [-0.3, -0.25) is 0 Å². The number of hydrogen-bond acceptors (Lipinski definition) is 6. The second-order valence-corrected chi connectivity index (χ2v) is 8.62. The van der Waals surface area contributed by atoms with Crippen LogP contribution in [0.1, 0.15) is 45.2 Å². The van der Waals surface area contributed by atoms with Crippen molar-refractivity contribution < 1.29 is 4.39 Å². The van der Waals surface area contributed by atoms with Gasteiger partial charge in [0, 0.05) is 37.3 Å². The Morgan fingerprint density at radius 2 is 1.82 bits per heavy atom. The van der Waals surface area contributed by atoms with Crippen molar-refractivity contribution in [2.45, 2.75) is 52.5 Å². The van der Waals surface area contributed by atoms with Gasteiger partial charge < -0.3 is 10.2 Å². The molecule has 3 aromatic heterocycles. The molecule has 7 nitrogen and oxygen atoms in total. The SMILES string of the molecule is C=C.CCCC(C)Nc1cc(N2CCCC2)nc2cc(-c3nc4cc(F)ccc4nc3C)nn12. The van der Waals surface area contributed by atoms with Crippen molar-refractivity contribution in [3.8, 4) is 11.4 Å². The molecule has 4 heterocycles. The Labute approximate surface area is 199 Å². The first-order valence-corrected chi connectivity index (χ1v) is 11.9. The van der Waals surface area contributed by atoms with Crippen LogP contribution in [-0.4, -0.2) is 43.7 Å². The van der Waals surface area contributed by atoms with Gasteiger partial charge in [0.15, 0.2) is 5.65 Å². The fourth-order valence-electron chi connectivity index (χ4n) is 4.40. The lowest BCUT2D eigenvalue weighted by Gasteiger charge is -2.20. The van der Waals surface area contributed by atoms with Gasteiger partial charge in [-0.2, -0.15) is 9.61 Å². The van der Waals surface area contributed by atoms with E-state index in [4.69, 9.17) is 10.1 Å². The summed E-state index contributed by atoms with van der Waals surface area (Å²) in [6.45, 7) is 14.3. The summed E-state index contributed by atoms with van der Waals surface area (Å²) >= 11 is 0. The van der Waals surface area contributed by atoms with Crippen LogP contribution in [0.3, 0.4) is 0 Å². The molecule has 0 spiro atoms. The predicted octanol–water partition coefficient (Wildman–Crippen LogP) is 5.79. The summed E-state index contributed by atoms with van der Waals surface area (Å²) in [6.07, 6.45) is 4.55. The maximum Gasteiger partial charge on any atom is 0.160 e. The number of hydrogen-bond donors (Lipinski definition) is 1. The zero-order valence-electron chi connectivity index (χ0n) is 20.2. The summed E-state index contributed by atoms with van der Waals surface area (Å²) < 4.78 is 15.6. The number of benzene rings is 1. The van der Waals surface area contributed by atoms with E-state index >= 15 is 0 Å². The van der Waals surface area contributed by atoms with Gasteiger partial charge in [0.1, 0.15) is 28.8 Å². The van der Waals surface area contributed by atoms with Crippen molar-refractivity contribution in [3.63, 3.8) is 0 Å². The van der Waals surface area contributed by atoms with Gasteiger partial charge in [-0.15, -0.1) is 13.2 Å². The molecule has 0 amide bonds. The Morgan fingerprint density at radius 3 is 2.56 bits per heavy atom. The van der Waals surface area contributed by atoms with Crippen LogP contribution in [0.15, 0.2) is 43.5 Å². The van der Waals surface area contributed by atoms with Crippen molar-refractivity contribution in [1.82, 2.24) is 24.6 Å². The van der Waals surface area contributed by atoms with Gasteiger partial charge >= 0.3 is 0 Å². The summed E-state index contributed by atoms with van der Waals surface area (Å²) in [5.41, 5.74) is 4.02. The molecule has 0 saturated carbocycles. The maximum absolute atomic E-state index is 13.8. The van der Waals surface area contributed by atoms with E-state index in [1.165, 1.54) is 25.0 Å². The summed E-state index contributed by atoms with van der Waals surface area (Å²) in [6, 6.07) is 8.81. The molecule has 1 saturated heterocycles. The molecule has 0 aliphatic carbocycles. The molecule has 34 heavy (non-hydrogen) atoms. The van der Waals surface area contributed by atoms with E-state index in [0.717, 1.165) is 48.9 Å². The van der Waals surface area contributed by atoms with Crippen LogP contribution in [0, 0.1) is 12.7 Å². The van der Waals surface area contributed by atoms with Gasteiger partial charge in [-0.1, -0.05) is 13.3 Å². The van der Waals surface area contributed by atoms with E-state index in [1.54, 1.807) is 6.07 Å². The maximum atomic E-state index is 13.8. The monoisotopic (exact) mass is 461 g/mol. The summed E-state index contributed by atoms with van der Waals surface area (Å²) in [7, 11) is 0. The smallest absolute Gasteiger partial charge is 0.160 e. The third kappa shape index (κ3) is 4.71. The highest BCUT2D eigenvalue weighted by Gasteiger charge is 2.20. The number of halogens is 1. The highest BCUT2D eigenvalue weighted by Crippen LogP contribution is 2.28. The topological polar surface area (TPSA) is 71.2 Å². The normalized spacial score (nSPS) is 14.3. The second-order valence-electron chi connectivity index (χ2n) is 8.62. The van der Waals surface area contributed by atoms with Crippen molar-refractivity contribution in [1.29, 1.82) is 0 Å². The summed E-state index contributed by atoms with van der Waals surface area (Å²) in [5.74, 6) is 1.56. The first-order valence-electron chi connectivity index (χ1n) is 11.9. The van der Waals surface area contributed by atoms with E-state index in [1.807, 2.05) is 17.5 Å².